The van der Waals surface area contributed by atoms with E-state index in [1.165, 1.54) is 7.11 Å². The van der Waals surface area contributed by atoms with Crippen molar-refractivity contribution in [1.82, 2.24) is 15.2 Å². The second-order valence-electron chi connectivity index (χ2n) is 8.28. The van der Waals surface area contributed by atoms with Gasteiger partial charge in [0.2, 0.25) is 5.69 Å². The van der Waals surface area contributed by atoms with E-state index in [1.807, 2.05) is 24.3 Å². The number of nitrogen functional groups attached to an aromatic ring is 2. The summed E-state index contributed by atoms with van der Waals surface area (Å²) in [5.74, 6) is -1.03. The van der Waals surface area contributed by atoms with Crippen molar-refractivity contribution in [3.8, 4) is 34.6 Å². The van der Waals surface area contributed by atoms with Crippen molar-refractivity contribution in [2.75, 3.05) is 18.6 Å². The number of pyridine rings is 1. The van der Waals surface area contributed by atoms with Crippen molar-refractivity contribution in [1.29, 1.82) is 5.26 Å². The zero-order chi connectivity index (χ0) is 26.6. The van der Waals surface area contributed by atoms with Crippen LogP contribution in [0.3, 0.4) is 0 Å². The molecule has 0 radical (unpaired) electrons. The summed E-state index contributed by atoms with van der Waals surface area (Å²) in [7, 11) is 1.52. The number of carbonyl (C=O) groups excluding carboxylic acids is 1. The van der Waals surface area contributed by atoms with Crippen LogP contribution in [0.4, 0.5) is 11.5 Å². The van der Waals surface area contributed by atoms with Crippen molar-refractivity contribution < 1.29 is 23.8 Å². The minimum Gasteiger partial charge on any atom is -0.539 e. The van der Waals surface area contributed by atoms with Gasteiger partial charge in [0.25, 0.3) is 5.78 Å². The van der Waals surface area contributed by atoms with E-state index in [-0.39, 0.29) is 27.6 Å². The molecule has 2 aromatic carbocycles. The second kappa shape index (κ2) is 8.61. The molecule has 0 saturated heterocycles. The third-order valence-electron chi connectivity index (χ3n) is 6.23. The van der Waals surface area contributed by atoms with Crippen molar-refractivity contribution >= 4 is 49.7 Å². The fraction of sp³-hybridized carbons (Fsp3) is 0.0385. The third-order valence-corrected chi connectivity index (χ3v) is 7.33. The second-order valence-corrected chi connectivity index (χ2v) is 9.28. The number of thiophene rings is 1. The third kappa shape index (κ3) is 3.34. The Morgan fingerprint density at radius 3 is 2.74 bits per heavy atom. The van der Waals surface area contributed by atoms with E-state index in [0.29, 0.717) is 32.8 Å². The Balaban J connectivity index is 1.58. The summed E-state index contributed by atoms with van der Waals surface area (Å²) < 4.78 is 11.1. The number of hydrogen-bond acceptors (Lipinski definition) is 10. The van der Waals surface area contributed by atoms with Gasteiger partial charge < -0.3 is 30.8 Å². The number of rotatable bonds is 5. The first-order chi connectivity index (χ1) is 18.4. The molecule has 0 aliphatic rings. The molecule has 186 valence electrons. The Morgan fingerprint density at radius 1 is 1.21 bits per heavy atom. The fourth-order valence-electron chi connectivity index (χ4n) is 4.47. The molecule has 0 aliphatic heterocycles. The number of ketones is 1. The molecule has 0 bridgehead atoms. The minimum atomic E-state index is -0.926. The number of anilines is 2. The zero-order valence-electron chi connectivity index (χ0n) is 19.7. The number of H-pyrrole nitrogens is 1. The smallest absolute Gasteiger partial charge is 0.312 e. The molecule has 0 aliphatic carbocycles. The number of nitriles is 1. The maximum absolute atomic E-state index is 13.8. The molecule has 0 amide bonds. The first-order valence-corrected chi connectivity index (χ1v) is 12.0. The normalized spacial score (nSPS) is 11.2. The number of hydrogen-bond donors (Lipinski definition) is 3. The van der Waals surface area contributed by atoms with Gasteiger partial charge in [0.1, 0.15) is 32.9 Å². The minimum absolute atomic E-state index is 0.00516. The molecular weight excluding hydrogens is 506 g/mol. The molecule has 12 heteroatoms. The Hall–Kier alpha value is -5.41. The number of nitrogens with one attached hydrogen (secondary N) is 1. The van der Waals surface area contributed by atoms with E-state index in [0.717, 1.165) is 26.9 Å². The van der Waals surface area contributed by atoms with Gasteiger partial charge in [0.15, 0.2) is 5.95 Å². The summed E-state index contributed by atoms with van der Waals surface area (Å²) in [5.41, 5.74) is 15.0. The summed E-state index contributed by atoms with van der Waals surface area (Å²) in [6, 6.07) is 16.2. The van der Waals surface area contributed by atoms with Crippen molar-refractivity contribution in [2.24, 2.45) is 0 Å². The number of aromatic amines is 1. The number of ether oxygens (including phenoxy) is 1. The summed E-state index contributed by atoms with van der Waals surface area (Å²) in [6.07, 6.45) is 1.79. The van der Waals surface area contributed by atoms with Crippen LogP contribution in [-0.2, 0) is 0 Å². The molecule has 38 heavy (non-hydrogen) atoms. The van der Waals surface area contributed by atoms with Gasteiger partial charge in [-0.25, -0.2) is 4.98 Å². The molecule has 6 rings (SSSR count). The van der Waals surface area contributed by atoms with Gasteiger partial charge in [-0.1, -0.05) is 12.1 Å². The quantitative estimate of drug-likeness (QED) is 0.226. The zero-order valence-corrected chi connectivity index (χ0v) is 20.5. The number of aromatic nitrogens is 4. The Bertz CT molecular complexity index is 1930. The van der Waals surface area contributed by atoms with Crippen molar-refractivity contribution in [3.05, 3.63) is 70.9 Å². The van der Waals surface area contributed by atoms with E-state index in [9.17, 15) is 15.2 Å². The molecule has 0 spiro atoms. The van der Waals surface area contributed by atoms with Crippen LogP contribution in [0, 0.1) is 11.3 Å². The average molecular weight is 524 g/mol. The van der Waals surface area contributed by atoms with Gasteiger partial charge in [-0.2, -0.15) is 5.26 Å². The Morgan fingerprint density at radius 2 is 2.00 bits per heavy atom. The van der Waals surface area contributed by atoms with Gasteiger partial charge in [0.05, 0.1) is 18.1 Å². The highest BCUT2D eigenvalue weighted by molar-refractivity contribution is 7.21. The highest BCUT2D eigenvalue weighted by Gasteiger charge is 2.33. The molecule has 4 heterocycles. The number of nitrogens with zero attached hydrogens (tertiary/aromatic N) is 4. The highest BCUT2D eigenvalue weighted by Crippen LogP contribution is 2.45. The molecule has 0 unspecified atom stereocenters. The summed E-state index contributed by atoms with van der Waals surface area (Å²) in [4.78, 5) is 21.7. The average Bonchev–Trinajstić information content (AvgIpc) is 3.64. The van der Waals surface area contributed by atoms with Crippen LogP contribution in [-0.4, -0.2) is 28.1 Å². The van der Waals surface area contributed by atoms with Crippen LogP contribution in [0.1, 0.15) is 20.9 Å². The predicted molar refractivity (Wildman–Crippen MR) is 138 cm³/mol. The largest absolute Gasteiger partial charge is 0.539 e. The van der Waals surface area contributed by atoms with Crippen LogP contribution in [0.15, 0.2) is 59.3 Å². The lowest BCUT2D eigenvalue weighted by Gasteiger charge is -2.11. The van der Waals surface area contributed by atoms with Gasteiger partial charge in [0, 0.05) is 40.2 Å². The lowest BCUT2D eigenvalue weighted by Crippen LogP contribution is -2.39. The first kappa shape index (κ1) is 23.0. The van der Waals surface area contributed by atoms with Gasteiger partial charge >= 0.3 is 5.69 Å². The highest BCUT2D eigenvalue weighted by atomic mass is 32.1. The van der Waals surface area contributed by atoms with Crippen LogP contribution >= 0.6 is 11.3 Å². The summed E-state index contributed by atoms with van der Waals surface area (Å²) in [6.45, 7) is 0. The van der Waals surface area contributed by atoms with E-state index >= 15 is 0 Å². The lowest BCUT2D eigenvalue weighted by atomic mass is 9.94. The van der Waals surface area contributed by atoms with E-state index < -0.39 is 11.7 Å². The summed E-state index contributed by atoms with van der Waals surface area (Å²) in [5, 5.41) is 27.6. The van der Waals surface area contributed by atoms with Crippen LogP contribution in [0.2, 0.25) is 0 Å². The number of carbonyl (C=O) groups is 1. The van der Waals surface area contributed by atoms with Crippen LogP contribution in [0.5, 0.6) is 11.7 Å². The molecule has 6 aromatic rings. The maximum Gasteiger partial charge on any atom is 0.312 e. The number of methoxy groups -OCH3 is 1. The molecular formula is C26H17N7O4S. The van der Waals surface area contributed by atoms with E-state index in [2.05, 4.69) is 21.3 Å². The first-order valence-electron chi connectivity index (χ1n) is 11.2. The molecule has 4 aromatic heterocycles. The SMILES string of the molecule is COc1ccc(-[n+]2noc([O-])c2C(=O)c2sc3nc(N)c(C#N)c(-c4cccc5[nH]ccc45)c3c2N)cc1. The summed E-state index contributed by atoms with van der Waals surface area (Å²) >= 11 is 0.974. The van der Waals surface area contributed by atoms with E-state index in [4.69, 9.17) is 20.7 Å². The number of fused-ring (bicyclic) bond motifs is 2. The van der Waals surface area contributed by atoms with Crippen LogP contribution < -0.4 is 26.0 Å². The number of nitrogens with two attached hydrogens (primary N) is 2. The predicted octanol–water partition coefficient (Wildman–Crippen LogP) is 3.06. The monoisotopic (exact) mass is 523 g/mol. The molecule has 11 nitrogen and oxygen atoms in total. The Kier molecular flexibility index (Phi) is 5.22. The van der Waals surface area contributed by atoms with Gasteiger partial charge in [-0.15, -0.1) is 11.3 Å². The molecule has 5 N–H and O–H groups in total. The van der Waals surface area contributed by atoms with E-state index in [1.54, 1.807) is 30.5 Å². The molecule has 0 atom stereocenters. The topological polar surface area (TPSA) is 184 Å². The fourth-order valence-corrected chi connectivity index (χ4v) is 5.52. The van der Waals surface area contributed by atoms with Gasteiger partial charge in [-0.3, -0.25) is 4.79 Å². The van der Waals surface area contributed by atoms with Gasteiger partial charge in [-0.05, 0) is 34.5 Å². The molecule has 0 fully saturated rings. The van der Waals surface area contributed by atoms with Crippen molar-refractivity contribution in [2.45, 2.75) is 0 Å². The number of benzene rings is 2. The maximum atomic E-state index is 13.8. The lowest BCUT2D eigenvalue weighted by molar-refractivity contribution is -0.672. The molecule has 0 saturated carbocycles. The van der Waals surface area contributed by atoms with Crippen molar-refractivity contribution in [3.63, 3.8) is 0 Å². The standard InChI is InChI=1S/C26H17N7O4S/c1-36-13-7-5-12(6-8-13)33-21(26(35)37-32-33)22(34)23-20(28)19-18(16(11-27)24(29)31-25(19)38-23)15-3-2-4-17-14(15)9-10-30-17/h2-10H,1H3,(H5-,28,29,30,31,32,34,35). The van der Waals surface area contributed by atoms with Crippen LogP contribution in [0.25, 0.3) is 37.9 Å². The Labute approximate surface area is 218 Å².